The van der Waals surface area contributed by atoms with Gasteiger partial charge >= 0.3 is 0 Å². The van der Waals surface area contributed by atoms with E-state index in [9.17, 15) is 5.11 Å². The second kappa shape index (κ2) is 6.76. The van der Waals surface area contributed by atoms with Gasteiger partial charge in [-0.3, -0.25) is 0 Å². The highest BCUT2D eigenvalue weighted by atomic mass is 16.5. The number of hydrogen-bond acceptors (Lipinski definition) is 3. The van der Waals surface area contributed by atoms with Gasteiger partial charge in [-0.15, -0.1) is 0 Å². The number of aliphatic hydroxyl groups excluding tert-OH is 1. The van der Waals surface area contributed by atoms with Crippen molar-refractivity contribution in [3.05, 3.63) is 0 Å². The Bertz CT molecular complexity index is 303. The van der Waals surface area contributed by atoms with Crippen LogP contribution in [0.4, 0.5) is 0 Å². The van der Waals surface area contributed by atoms with E-state index in [1.54, 1.807) is 0 Å². The molecule has 2 aliphatic carbocycles. The van der Waals surface area contributed by atoms with E-state index in [0.29, 0.717) is 24.0 Å². The van der Waals surface area contributed by atoms with Gasteiger partial charge in [-0.2, -0.15) is 0 Å². The van der Waals surface area contributed by atoms with Crippen LogP contribution in [-0.4, -0.2) is 36.5 Å². The SMILES string of the molecule is CC(C)COC1CC(NCC2CCCCC2O)C1(C)C. The molecule has 0 saturated heterocycles. The minimum atomic E-state index is -0.0903. The van der Waals surface area contributed by atoms with Crippen LogP contribution in [-0.2, 0) is 4.74 Å². The van der Waals surface area contributed by atoms with Gasteiger partial charge in [0, 0.05) is 24.6 Å². The zero-order valence-electron chi connectivity index (χ0n) is 13.7. The molecule has 2 N–H and O–H groups in total. The molecule has 2 fully saturated rings. The highest BCUT2D eigenvalue weighted by Crippen LogP contribution is 2.43. The molecule has 0 spiro atoms. The smallest absolute Gasteiger partial charge is 0.0656 e. The zero-order chi connectivity index (χ0) is 14.8. The third-order valence-electron chi connectivity index (χ3n) is 5.30. The van der Waals surface area contributed by atoms with Crippen LogP contribution in [0.5, 0.6) is 0 Å². The first-order chi connectivity index (χ1) is 9.41. The Labute approximate surface area is 124 Å². The van der Waals surface area contributed by atoms with Crippen molar-refractivity contribution in [2.45, 2.75) is 78.0 Å². The van der Waals surface area contributed by atoms with Gasteiger partial charge in [0.25, 0.3) is 0 Å². The maximum absolute atomic E-state index is 10.0. The number of nitrogens with one attached hydrogen (secondary N) is 1. The summed E-state index contributed by atoms with van der Waals surface area (Å²) in [4.78, 5) is 0. The van der Waals surface area contributed by atoms with Crippen LogP contribution >= 0.6 is 0 Å². The minimum absolute atomic E-state index is 0.0903. The first-order valence-electron chi connectivity index (χ1n) is 8.44. The molecule has 0 aromatic heterocycles. The number of hydrogen-bond donors (Lipinski definition) is 2. The van der Waals surface area contributed by atoms with Gasteiger partial charge in [-0.05, 0) is 31.1 Å². The second-order valence-corrected chi connectivity index (χ2v) is 7.85. The molecule has 3 nitrogen and oxygen atoms in total. The molecule has 4 atom stereocenters. The molecule has 0 bridgehead atoms. The van der Waals surface area contributed by atoms with E-state index in [1.807, 2.05) is 0 Å². The van der Waals surface area contributed by atoms with Crippen LogP contribution in [0.15, 0.2) is 0 Å². The van der Waals surface area contributed by atoms with Crippen molar-refractivity contribution >= 4 is 0 Å². The Morgan fingerprint density at radius 2 is 1.95 bits per heavy atom. The standard InChI is InChI=1S/C17H33NO2/c1-12(2)11-20-16-9-15(17(16,3)4)18-10-13-7-5-6-8-14(13)19/h12-16,18-19H,5-11H2,1-4H3. The topological polar surface area (TPSA) is 41.5 Å². The third-order valence-corrected chi connectivity index (χ3v) is 5.30. The van der Waals surface area contributed by atoms with Crippen LogP contribution in [0.25, 0.3) is 0 Å². The van der Waals surface area contributed by atoms with Crippen molar-refractivity contribution in [2.75, 3.05) is 13.2 Å². The number of rotatable bonds is 6. The lowest BCUT2D eigenvalue weighted by Gasteiger charge is -2.52. The van der Waals surface area contributed by atoms with Crippen molar-refractivity contribution in [1.82, 2.24) is 5.32 Å². The lowest BCUT2D eigenvalue weighted by atomic mass is 9.64. The molecule has 3 heteroatoms. The Morgan fingerprint density at radius 1 is 1.25 bits per heavy atom. The van der Waals surface area contributed by atoms with E-state index in [0.717, 1.165) is 26.0 Å². The molecule has 20 heavy (non-hydrogen) atoms. The molecule has 0 aliphatic heterocycles. The number of aliphatic hydroxyl groups is 1. The van der Waals surface area contributed by atoms with Crippen molar-refractivity contribution in [1.29, 1.82) is 0 Å². The molecular weight excluding hydrogens is 250 g/mol. The summed E-state index contributed by atoms with van der Waals surface area (Å²) in [5, 5.41) is 13.7. The van der Waals surface area contributed by atoms with Crippen molar-refractivity contribution in [3.8, 4) is 0 Å². The highest BCUT2D eigenvalue weighted by Gasteiger charge is 2.48. The quantitative estimate of drug-likeness (QED) is 0.787. The summed E-state index contributed by atoms with van der Waals surface area (Å²) in [6.07, 6.45) is 6.04. The van der Waals surface area contributed by atoms with Crippen molar-refractivity contribution in [3.63, 3.8) is 0 Å². The van der Waals surface area contributed by atoms with Gasteiger partial charge in [0.2, 0.25) is 0 Å². The summed E-state index contributed by atoms with van der Waals surface area (Å²) < 4.78 is 6.01. The maximum Gasteiger partial charge on any atom is 0.0656 e. The predicted octanol–water partition coefficient (Wildman–Crippen LogP) is 2.97. The van der Waals surface area contributed by atoms with Crippen molar-refractivity contribution < 1.29 is 9.84 Å². The number of ether oxygens (including phenoxy) is 1. The molecule has 0 aromatic carbocycles. The largest absolute Gasteiger partial charge is 0.393 e. The lowest BCUT2D eigenvalue weighted by Crippen LogP contribution is -2.62. The van der Waals surface area contributed by atoms with Crippen molar-refractivity contribution in [2.24, 2.45) is 17.3 Å². The van der Waals surface area contributed by atoms with Gasteiger partial charge in [-0.25, -0.2) is 0 Å². The Balaban J connectivity index is 1.72. The monoisotopic (exact) mass is 283 g/mol. The van der Waals surface area contributed by atoms with Gasteiger partial charge in [-0.1, -0.05) is 40.5 Å². The molecule has 118 valence electrons. The van der Waals surface area contributed by atoms with Crippen LogP contribution in [0.1, 0.15) is 59.8 Å². The average molecular weight is 283 g/mol. The van der Waals surface area contributed by atoms with E-state index < -0.39 is 0 Å². The zero-order valence-corrected chi connectivity index (χ0v) is 13.7. The fourth-order valence-corrected chi connectivity index (χ4v) is 3.54. The first kappa shape index (κ1) is 16.3. The van der Waals surface area contributed by atoms with E-state index in [4.69, 9.17) is 4.74 Å². The summed E-state index contributed by atoms with van der Waals surface area (Å²) in [5.74, 6) is 1.06. The molecule has 0 amide bonds. The van der Waals surface area contributed by atoms with Crippen LogP contribution in [0.2, 0.25) is 0 Å². The molecule has 2 aliphatic rings. The summed E-state index contributed by atoms with van der Waals surface area (Å²) in [5.41, 5.74) is 0.217. The molecule has 0 heterocycles. The van der Waals surface area contributed by atoms with Crippen LogP contribution in [0.3, 0.4) is 0 Å². The molecule has 4 unspecified atom stereocenters. The van der Waals surface area contributed by atoms with E-state index >= 15 is 0 Å². The molecule has 2 saturated carbocycles. The molecule has 0 radical (unpaired) electrons. The Hall–Kier alpha value is -0.120. The fourth-order valence-electron chi connectivity index (χ4n) is 3.54. The Kier molecular flexibility index (Phi) is 5.49. The maximum atomic E-state index is 10.0. The minimum Gasteiger partial charge on any atom is -0.393 e. The van der Waals surface area contributed by atoms with E-state index in [-0.39, 0.29) is 11.5 Å². The normalized spacial score (nSPS) is 36.9. The fraction of sp³-hybridized carbons (Fsp3) is 1.00. The summed E-state index contributed by atoms with van der Waals surface area (Å²) in [6, 6.07) is 0.536. The third kappa shape index (κ3) is 3.75. The molecule has 0 aromatic rings. The van der Waals surface area contributed by atoms with Gasteiger partial charge in [0.05, 0.1) is 12.2 Å². The average Bonchev–Trinajstić information content (AvgIpc) is 2.38. The predicted molar refractivity (Wildman–Crippen MR) is 82.7 cm³/mol. The Morgan fingerprint density at radius 3 is 2.55 bits per heavy atom. The van der Waals surface area contributed by atoms with E-state index in [2.05, 4.69) is 33.0 Å². The summed E-state index contributed by atoms with van der Waals surface area (Å²) in [6.45, 7) is 10.8. The van der Waals surface area contributed by atoms with Gasteiger partial charge < -0.3 is 15.2 Å². The lowest BCUT2D eigenvalue weighted by molar-refractivity contribution is -0.125. The van der Waals surface area contributed by atoms with Crippen LogP contribution in [0, 0.1) is 17.3 Å². The second-order valence-electron chi connectivity index (χ2n) is 7.85. The molecule has 2 rings (SSSR count). The first-order valence-corrected chi connectivity index (χ1v) is 8.44. The van der Waals surface area contributed by atoms with Gasteiger partial charge in [0.1, 0.15) is 0 Å². The van der Waals surface area contributed by atoms with E-state index in [1.165, 1.54) is 19.3 Å². The highest BCUT2D eigenvalue weighted by molar-refractivity contribution is 5.03. The van der Waals surface area contributed by atoms with Crippen LogP contribution < -0.4 is 5.32 Å². The summed E-state index contributed by atoms with van der Waals surface area (Å²) >= 11 is 0. The summed E-state index contributed by atoms with van der Waals surface area (Å²) in [7, 11) is 0. The van der Waals surface area contributed by atoms with Gasteiger partial charge in [0.15, 0.2) is 0 Å². The molecular formula is C17H33NO2.